The first-order chi connectivity index (χ1) is 15.3. The number of carbonyl (C=O) groups is 1. The molecule has 4 aromatic rings. The summed E-state index contributed by atoms with van der Waals surface area (Å²) in [6.07, 6.45) is 0. The van der Waals surface area contributed by atoms with Crippen LogP contribution in [0.5, 0.6) is 0 Å². The van der Waals surface area contributed by atoms with Gasteiger partial charge in [-0.3, -0.25) is 4.79 Å². The Labute approximate surface area is 187 Å². The average Bonchev–Trinajstić information content (AvgIpc) is 2.79. The zero-order valence-corrected chi connectivity index (χ0v) is 17.8. The zero-order valence-electron chi connectivity index (χ0n) is 16.2. The van der Waals surface area contributed by atoms with E-state index in [1.54, 1.807) is 30.3 Å². The second-order valence-electron chi connectivity index (χ2n) is 6.60. The number of halogens is 2. The highest BCUT2D eigenvalue weighted by atomic mass is 35.5. The molecule has 1 amide bonds. The summed E-state index contributed by atoms with van der Waals surface area (Å²) in [6, 6.07) is 19.4. The van der Waals surface area contributed by atoms with Crippen molar-refractivity contribution in [2.75, 3.05) is 5.32 Å². The molecule has 0 atom stereocenters. The predicted molar refractivity (Wildman–Crippen MR) is 118 cm³/mol. The molecule has 162 valence electrons. The quantitative estimate of drug-likeness (QED) is 0.424. The van der Waals surface area contributed by atoms with E-state index in [4.69, 9.17) is 16.0 Å². The van der Waals surface area contributed by atoms with Crippen LogP contribution in [0.25, 0.3) is 11.0 Å². The summed E-state index contributed by atoms with van der Waals surface area (Å²) in [5.74, 6) is -1.35. The van der Waals surface area contributed by atoms with Gasteiger partial charge < -0.3 is 9.73 Å². The number of rotatable bonds is 5. The summed E-state index contributed by atoms with van der Waals surface area (Å²) in [5.41, 5.74) is -0.0569. The molecule has 0 aliphatic rings. The van der Waals surface area contributed by atoms with Crippen LogP contribution < -0.4 is 15.7 Å². The number of sulfonamides is 1. The van der Waals surface area contributed by atoms with Crippen molar-refractivity contribution in [1.82, 2.24) is 4.83 Å². The van der Waals surface area contributed by atoms with Crippen LogP contribution in [-0.2, 0) is 10.0 Å². The molecule has 1 heterocycles. The van der Waals surface area contributed by atoms with E-state index in [2.05, 4.69) is 15.2 Å². The monoisotopic (exact) mass is 471 g/mol. The van der Waals surface area contributed by atoms with E-state index in [0.717, 1.165) is 0 Å². The first-order valence-electron chi connectivity index (χ1n) is 9.23. The van der Waals surface area contributed by atoms with Crippen molar-refractivity contribution in [1.29, 1.82) is 0 Å². The number of fused-ring (bicyclic) bond motifs is 1. The van der Waals surface area contributed by atoms with E-state index in [0.29, 0.717) is 16.0 Å². The lowest BCUT2D eigenvalue weighted by Crippen LogP contribution is -2.27. The second kappa shape index (κ2) is 8.81. The molecule has 0 fully saturated rings. The van der Waals surface area contributed by atoms with E-state index >= 15 is 0 Å². The van der Waals surface area contributed by atoms with E-state index in [-0.39, 0.29) is 21.7 Å². The number of anilines is 1. The van der Waals surface area contributed by atoms with Crippen molar-refractivity contribution in [3.8, 4) is 0 Å². The number of nitrogens with one attached hydrogen (secondary N) is 2. The van der Waals surface area contributed by atoms with Crippen LogP contribution in [0.4, 0.5) is 10.1 Å². The first kappa shape index (κ1) is 21.5. The minimum Gasteiger partial charge on any atom is -0.436 e. The van der Waals surface area contributed by atoms with Gasteiger partial charge in [0.1, 0.15) is 17.0 Å². The van der Waals surface area contributed by atoms with Gasteiger partial charge in [0.25, 0.3) is 15.9 Å². The average molecular weight is 472 g/mol. The number of hydrogen-bond acceptors (Lipinski definition) is 5. The Morgan fingerprint density at radius 3 is 2.41 bits per heavy atom. The Balaban J connectivity index is 1.76. The summed E-state index contributed by atoms with van der Waals surface area (Å²) >= 11 is 5.80. The molecule has 0 aliphatic heterocycles. The van der Waals surface area contributed by atoms with E-state index < -0.39 is 21.7 Å². The number of nitrogens with zero attached hydrogens (tertiary/aromatic N) is 1. The molecule has 0 saturated carbocycles. The van der Waals surface area contributed by atoms with Crippen LogP contribution in [0.1, 0.15) is 10.4 Å². The molecular formula is C22H15ClFN3O4S. The molecule has 1 aromatic heterocycles. The fourth-order valence-corrected chi connectivity index (χ4v) is 3.76. The van der Waals surface area contributed by atoms with Gasteiger partial charge in [-0.05, 0) is 48.5 Å². The largest absolute Gasteiger partial charge is 0.436 e. The molecule has 7 nitrogen and oxygen atoms in total. The Bertz CT molecular complexity index is 1490. The molecule has 0 aliphatic carbocycles. The van der Waals surface area contributed by atoms with Gasteiger partial charge in [-0.15, -0.1) is 5.10 Å². The molecule has 0 unspecified atom stereocenters. The highest BCUT2D eigenvalue weighted by Crippen LogP contribution is 2.17. The van der Waals surface area contributed by atoms with Crippen LogP contribution >= 0.6 is 11.6 Å². The van der Waals surface area contributed by atoms with Gasteiger partial charge in [0.05, 0.1) is 10.6 Å². The van der Waals surface area contributed by atoms with Gasteiger partial charge in [-0.1, -0.05) is 41.9 Å². The Kier molecular flexibility index (Phi) is 5.93. The van der Waals surface area contributed by atoms with Crippen LogP contribution in [0.2, 0.25) is 5.02 Å². The van der Waals surface area contributed by atoms with Crippen molar-refractivity contribution in [2.24, 2.45) is 5.10 Å². The Hall–Kier alpha value is -3.69. The maximum absolute atomic E-state index is 14.0. The van der Waals surface area contributed by atoms with Crippen LogP contribution in [0.3, 0.4) is 0 Å². The Morgan fingerprint density at radius 2 is 1.66 bits per heavy atom. The van der Waals surface area contributed by atoms with Gasteiger partial charge in [0.2, 0.25) is 5.55 Å². The fourth-order valence-electron chi connectivity index (χ4n) is 2.84. The van der Waals surface area contributed by atoms with Gasteiger partial charge in [0, 0.05) is 10.4 Å². The third-order valence-electron chi connectivity index (χ3n) is 4.41. The summed E-state index contributed by atoms with van der Waals surface area (Å²) < 4.78 is 44.8. The molecule has 3 aromatic carbocycles. The maximum Gasteiger partial charge on any atom is 0.276 e. The minimum atomic E-state index is -4.06. The van der Waals surface area contributed by atoms with Crippen molar-refractivity contribution < 1.29 is 22.0 Å². The zero-order chi connectivity index (χ0) is 22.7. The lowest BCUT2D eigenvalue weighted by atomic mass is 10.1. The Morgan fingerprint density at radius 1 is 0.969 bits per heavy atom. The summed E-state index contributed by atoms with van der Waals surface area (Å²) in [4.78, 5) is 14.8. The lowest BCUT2D eigenvalue weighted by molar-refractivity contribution is 0.102. The molecule has 2 N–H and O–H groups in total. The van der Waals surface area contributed by atoms with Crippen LogP contribution in [0.15, 0.2) is 93.3 Å². The molecule has 0 spiro atoms. The predicted octanol–water partition coefficient (Wildman–Crippen LogP) is 4.27. The summed E-state index contributed by atoms with van der Waals surface area (Å²) in [5, 5.41) is 7.21. The van der Waals surface area contributed by atoms with Crippen molar-refractivity contribution in [2.45, 2.75) is 4.90 Å². The number of amides is 1. The lowest BCUT2D eigenvalue weighted by Gasteiger charge is -2.08. The SMILES string of the molecule is O=C(Nc1ccccc1F)c1cc2ccccc2o/c1=N/NS(=O)(=O)c1ccc(Cl)cc1. The highest BCUT2D eigenvalue weighted by Gasteiger charge is 2.17. The van der Waals surface area contributed by atoms with E-state index in [1.165, 1.54) is 48.5 Å². The molecule has 0 saturated heterocycles. The number of benzene rings is 3. The van der Waals surface area contributed by atoms with Crippen LogP contribution in [-0.4, -0.2) is 14.3 Å². The number of hydrogen-bond donors (Lipinski definition) is 2. The van der Waals surface area contributed by atoms with E-state index in [1.807, 2.05) is 0 Å². The second-order valence-corrected chi connectivity index (χ2v) is 8.69. The summed E-state index contributed by atoms with van der Waals surface area (Å²) in [6.45, 7) is 0. The first-order valence-corrected chi connectivity index (χ1v) is 11.1. The topological polar surface area (TPSA) is 101 Å². The molecule has 0 radical (unpaired) electrons. The summed E-state index contributed by atoms with van der Waals surface area (Å²) in [7, 11) is -4.06. The third kappa shape index (κ3) is 4.63. The smallest absolute Gasteiger partial charge is 0.276 e. The van der Waals surface area contributed by atoms with Crippen molar-refractivity contribution in [3.05, 3.63) is 101 Å². The molecule has 0 bridgehead atoms. The third-order valence-corrected chi connectivity index (χ3v) is 5.89. The van der Waals surface area contributed by atoms with Gasteiger partial charge in [0.15, 0.2) is 0 Å². The fraction of sp³-hybridized carbons (Fsp3) is 0. The number of carbonyl (C=O) groups excluding carboxylic acids is 1. The van der Waals surface area contributed by atoms with Crippen molar-refractivity contribution >= 4 is 44.2 Å². The van der Waals surface area contributed by atoms with Gasteiger partial charge in [-0.25, -0.2) is 4.39 Å². The minimum absolute atomic E-state index is 0.0432. The van der Waals surface area contributed by atoms with Gasteiger partial charge in [-0.2, -0.15) is 13.2 Å². The standard InChI is InChI=1S/C22H15ClFN3O4S/c23-15-9-11-16(12-10-15)32(29,30)27-26-22-17(13-14-5-1-4-8-20(14)31-22)21(28)25-19-7-3-2-6-18(19)24/h1-13,27H,(H,25,28)/b26-22+. The molecule has 32 heavy (non-hydrogen) atoms. The maximum atomic E-state index is 14.0. The van der Waals surface area contributed by atoms with E-state index in [9.17, 15) is 17.6 Å². The van der Waals surface area contributed by atoms with Gasteiger partial charge >= 0.3 is 0 Å². The molecule has 10 heteroatoms. The molecular weight excluding hydrogens is 457 g/mol. The van der Waals surface area contributed by atoms with Crippen LogP contribution in [0, 0.1) is 5.82 Å². The molecule has 4 rings (SSSR count). The van der Waals surface area contributed by atoms with Crippen molar-refractivity contribution in [3.63, 3.8) is 0 Å². The highest BCUT2D eigenvalue weighted by molar-refractivity contribution is 7.89. The normalized spacial score (nSPS) is 12.0. The number of para-hydroxylation sites is 2.